The zero-order valence-electron chi connectivity index (χ0n) is 9.10. The maximum atomic E-state index is 10.6. The van der Waals surface area contributed by atoms with E-state index in [1.165, 1.54) is 18.2 Å². The summed E-state index contributed by atoms with van der Waals surface area (Å²) in [6.07, 6.45) is 1.92. The second-order valence-corrected chi connectivity index (χ2v) is 2.53. The molecule has 0 unspecified atom stereocenters. The van der Waals surface area contributed by atoms with Crippen LogP contribution in [0.25, 0.3) is 6.08 Å². The number of carbonyl (C=O) groups excluding carboxylic acids is 2. The smallest absolute Gasteiger partial charge is 0.545 e. The van der Waals surface area contributed by atoms with E-state index in [1.54, 1.807) is 6.07 Å². The van der Waals surface area contributed by atoms with E-state index in [4.69, 9.17) is 0 Å². The number of hydrogen-bond acceptors (Lipinski definition) is 4. The van der Waals surface area contributed by atoms with Gasteiger partial charge in [0.2, 0.25) is 0 Å². The molecule has 0 heterocycles. The van der Waals surface area contributed by atoms with Gasteiger partial charge in [0.25, 0.3) is 0 Å². The number of rotatable bonds is 3. The summed E-state index contributed by atoms with van der Waals surface area (Å²) in [5, 5.41) is 20.7. The molecule has 0 aliphatic carbocycles. The van der Waals surface area contributed by atoms with Crippen molar-refractivity contribution in [3.05, 3.63) is 41.5 Å². The van der Waals surface area contributed by atoms with E-state index in [0.29, 0.717) is 0 Å². The monoisotopic (exact) mass is 236 g/mol. The van der Waals surface area contributed by atoms with Gasteiger partial charge in [-0.25, -0.2) is 0 Å². The van der Waals surface area contributed by atoms with Crippen LogP contribution >= 0.6 is 0 Å². The van der Waals surface area contributed by atoms with E-state index >= 15 is 0 Å². The Bertz CT molecular complexity index is 402. The molecule has 0 atom stereocenters. The Morgan fingerprint density at radius 2 is 1.62 bits per heavy atom. The number of carbonyl (C=O) groups is 2. The zero-order chi connectivity index (χ0) is 10.6. The van der Waals surface area contributed by atoms with Crippen molar-refractivity contribution in [1.29, 1.82) is 0 Å². The van der Waals surface area contributed by atoms with Gasteiger partial charge in [0.05, 0.1) is 11.9 Å². The Hall–Kier alpha value is -0.1000. The van der Waals surface area contributed by atoms with Crippen molar-refractivity contribution in [2.24, 2.45) is 0 Å². The van der Waals surface area contributed by atoms with Crippen LogP contribution in [0.1, 0.15) is 15.9 Å². The van der Waals surface area contributed by atoms with Crippen LogP contribution < -0.4 is 69.3 Å². The van der Waals surface area contributed by atoms with Gasteiger partial charge in [-0.1, -0.05) is 30.3 Å². The second-order valence-electron chi connectivity index (χ2n) is 2.53. The molecule has 1 aromatic rings. The van der Waals surface area contributed by atoms with Gasteiger partial charge in [-0.3, -0.25) is 0 Å². The van der Waals surface area contributed by atoms with E-state index in [0.717, 1.165) is 12.2 Å². The van der Waals surface area contributed by atoms with Crippen LogP contribution in [0.15, 0.2) is 30.3 Å². The third kappa shape index (κ3) is 5.84. The van der Waals surface area contributed by atoms with E-state index < -0.39 is 11.9 Å². The number of carboxylic acids is 2. The Labute approximate surface area is 137 Å². The molecule has 1 rings (SSSR count). The minimum Gasteiger partial charge on any atom is -0.545 e. The van der Waals surface area contributed by atoms with Crippen LogP contribution in [0.3, 0.4) is 0 Å². The van der Waals surface area contributed by atoms with Gasteiger partial charge in [0, 0.05) is 5.56 Å². The predicted molar refractivity (Wildman–Crippen MR) is 44.8 cm³/mol. The van der Waals surface area contributed by atoms with Gasteiger partial charge in [0.1, 0.15) is 0 Å². The summed E-state index contributed by atoms with van der Waals surface area (Å²) in [4.78, 5) is 20.7. The van der Waals surface area contributed by atoms with Gasteiger partial charge < -0.3 is 19.8 Å². The maximum Gasteiger partial charge on any atom is 1.00 e. The molecule has 4 nitrogen and oxygen atoms in total. The number of carboxylic acid groups (broad SMARTS) is 2. The number of benzene rings is 1. The van der Waals surface area contributed by atoms with Crippen molar-refractivity contribution < 1.29 is 78.9 Å². The van der Waals surface area contributed by atoms with Crippen LogP contribution in [0.4, 0.5) is 0 Å². The second kappa shape index (κ2) is 8.98. The standard InChI is InChI=1S/C10H8O4.2Na/c11-9(12)6-5-7-3-1-2-4-8(7)10(13)14;;/h1-6H,(H,11,12)(H,13,14);;/q;2*+1/p-2/b6-5+;;. The van der Waals surface area contributed by atoms with Crippen molar-refractivity contribution in [2.75, 3.05) is 0 Å². The predicted octanol–water partition coefficient (Wildman–Crippen LogP) is -7.18. The largest absolute Gasteiger partial charge is 1.00 e. The summed E-state index contributed by atoms with van der Waals surface area (Å²) in [5.41, 5.74) is 0.224. The third-order valence-electron chi connectivity index (χ3n) is 1.58. The van der Waals surface area contributed by atoms with E-state index in [-0.39, 0.29) is 70.2 Å². The molecular formula is C10H6Na2O4. The van der Waals surface area contributed by atoms with Crippen LogP contribution in [-0.4, -0.2) is 11.9 Å². The summed E-state index contributed by atoms with van der Waals surface area (Å²) < 4.78 is 0. The molecule has 0 spiro atoms. The molecule has 0 saturated heterocycles. The maximum absolute atomic E-state index is 10.6. The van der Waals surface area contributed by atoms with E-state index in [1.807, 2.05) is 0 Å². The Morgan fingerprint density at radius 1 is 1.06 bits per heavy atom. The van der Waals surface area contributed by atoms with Gasteiger partial charge in [-0.15, -0.1) is 0 Å². The normalized spacial score (nSPS) is 9.00. The number of hydrogen-bond donors (Lipinski definition) is 0. The van der Waals surface area contributed by atoms with Crippen LogP contribution in [0.2, 0.25) is 0 Å². The first kappa shape index (κ1) is 18.3. The minimum atomic E-state index is -1.38. The van der Waals surface area contributed by atoms with Gasteiger partial charge in [-0.05, 0) is 11.6 Å². The van der Waals surface area contributed by atoms with Crippen molar-refractivity contribution >= 4 is 18.0 Å². The third-order valence-corrected chi connectivity index (χ3v) is 1.58. The van der Waals surface area contributed by atoms with Crippen molar-refractivity contribution in [3.63, 3.8) is 0 Å². The van der Waals surface area contributed by atoms with Crippen molar-refractivity contribution in [1.82, 2.24) is 0 Å². The van der Waals surface area contributed by atoms with E-state index in [2.05, 4.69) is 0 Å². The summed E-state index contributed by atoms with van der Waals surface area (Å²) in [6.45, 7) is 0. The summed E-state index contributed by atoms with van der Waals surface area (Å²) >= 11 is 0. The van der Waals surface area contributed by atoms with Crippen molar-refractivity contribution in [2.45, 2.75) is 0 Å². The molecule has 1 aromatic carbocycles. The molecule has 16 heavy (non-hydrogen) atoms. The van der Waals surface area contributed by atoms with Gasteiger partial charge in [-0.2, -0.15) is 0 Å². The molecule has 0 fully saturated rings. The minimum absolute atomic E-state index is 0. The molecular weight excluding hydrogens is 230 g/mol. The fraction of sp³-hybridized carbons (Fsp3) is 0. The van der Waals surface area contributed by atoms with Crippen LogP contribution in [-0.2, 0) is 4.79 Å². The topological polar surface area (TPSA) is 80.3 Å². The van der Waals surface area contributed by atoms with Gasteiger partial charge >= 0.3 is 59.1 Å². The molecule has 72 valence electrons. The fourth-order valence-corrected chi connectivity index (χ4v) is 0.986. The van der Waals surface area contributed by atoms with Crippen LogP contribution in [0.5, 0.6) is 0 Å². The molecule has 0 bridgehead atoms. The molecule has 0 radical (unpaired) electrons. The number of aromatic carboxylic acids is 1. The zero-order valence-corrected chi connectivity index (χ0v) is 13.1. The van der Waals surface area contributed by atoms with Crippen molar-refractivity contribution in [3.8, 4) is 0 Å². The Balaban J connectivity index is 0. The number of aliphatic carboxylic acids is 1. The summed E-state index contributed by atoms with van der Waals surface area (Å²) in [7, 11) is 0. The Morgan fingerprint density at radius 3 is 2.12 bits per heavy atom. The molecule has 0 aliphatic rings. The first-order valence-corrected chi connectivity index (χ1v) is 3.80. The molecule has 0 N–H and O–H groups in total. The molecule has 6 heteroatoms. The van der Waals surface area contributed by atoms with Gasteiger partial charge in [0.15, 0.2) is 0 Å². The Kier molecular flexibility index (Phi) is 10.3. The first-order chi connectivity index (χ1) is 6.61. The van der Waals surface area contributed by atoms with Crippen LogP contribution in [0, 0.1) is 0 Å². The summed E-state index contributed by atoms with van der Waals surface area (Å²) in [5.74, 6) is -2.72. The average molecular weight is 236 g/mol. The molecule has 0 aliphatic heterocycles. The molecule has 0 amide bonds. The van der Waals surface area contributed by atoms with E-state index in [9.17, 15) is 19.8 Å². The summed E-state index contributed by atoms with van der Waals surface area (Å²) in [6, 6.07) is 5.94. The molecule has 0 aromatic heterocycles. The SMILES string of the molecule is O=C([O-])/C=C/c1ccccc1C(=O)[O-].[Na+].[Na+]. The molecule has 0 saturated carbocycles. The fourth-order valence-electron chi connectivity index (χ4n) is 0.986. The first-order valence-electron chi connectivity index (χ1n) is 3.80. The average Bonchev–Trinajstić information content (AvgIpc) is 2.15. The quantitative estimate of drug-likeness (QED) is 0.386.